The molecule has 0 aromatic carbocycles. The summed E-state index contributed by atoms with van der Waals surface area (Å²) >= 11 is 1.41. The van der Waals surface area contributed by atoms with E-state index in [1.165, 1.54) is 24.2 Å². The summed E-state index contributed by atoms with van der Waals surface area (Å²) in [6.07, 6.45) is 4.31. The highest BCUT2D eigenvalue weighted by Crippen LogP contribution is 2.27. The lowest BCUT2D eigenvalue weighted by Crippen LogP contribution is -2.37. The molecule has 120 valence electrons. The smallest absolute Gasteiger partial charge is 0.252 e. The highest BCUT2D eigenvalue weighted by atomic mass is 32.2. The molecular formula is C15H26N2O2S2. The minimum absolute atomic E-state index is 0.00275. The number of sulfonamides is 1. The molecule has 1 aliphatic carbocycles. The van der Waals surface area contributed by atoms with Crippen LogP contribution in [-0.2, 0) is 16.4 Å². The topological polar surface area (TPSA) is 49.4 Å². The Bertz CT molecular complexity index is 548. The number of thiophene rings is 1. The van der Waals surface area contributed by atoms with Crippen LogP contribution in [0.5, 0.6) is 0 Å². The second-order valence-corrected chi connectivity index (χ2v) is 9.19. The maximum atomic E-state index is 12.7. The van der Waals surface area contributed by atoms with Crippen molar-refractivity contribution in [3.8, 4) is 0 Å². The van der Waals surface area contributed by atoms with Crippen molar-refractivity contribution in [1.29, 1.82) is 0 Å². The lowest BCUT2D eigenvalue weighted by atomic mass is 10.3. The van der Waals surface area contributed by atoms with Crippen LogP contribution < -0.4 is 5.32 Å². The van der Waals surface area contributed by atoms with Gasteiger partial charge in [-0.3, -0.25) is 0 Å². The van der Waals surface area contributed by atoms with Crippen molar-refractivity contribution in [2.75, 3.05) is 13.1 Å². The Morgan fingerprint density at radius 1 is 1.38 bits per heavy atom. The summed E-state index contributed by atoms with van der Waals surface area (Å²) in [6, 6.07) is 4.42. The highest BCUT2D eigenvalue weighted by Gasteiger charge is 2.27. The molecule has 21 heavy (non-hydrogen) atoms. The van der Waals surface area contributed by atoms with E-state index in [2.05, 4.69) is 5.32 Å². The van der Waals surface area contributed by atoms with Gasteiger partial charge in [-0.1, -0.05) is 6.92 Å². The van der Waals surface area contributed by atoms with Gasteiger partial charge in [0.1, 0.15) is 4.21 Å². The molecule has 4 nitrogen and oxygen atoms in total. The van der Waals surface area contributed by atoms with Gasteiger partial charge in [0, 0.05) is 30.1 Å². The van der Waals surface area contributed by atoms with Crippen molar-refractivity contribution in [2.24, 2.45) is 0 Å². The summed E-state index contributed by atoms with van der Waals surface area (Å²) in [5.74, 6) is 0. The number of hydrogen-bond donors (Lipinski definition) is 1. The molecule has 6 heteroatoms. The van der Waals surface area contributed by atoms with E-state index in [0.717, 1.165) is 24.3 Å². The molecule has 1 heterocycles. The molecule has 1 fully saturated rings. The Morgan fingerprint density at radius 3 is 2.67 bits per heavy atom. The first-order chi connectivity index (χ1) is 9.95. The second kappa shape index (κ2) is 7.22. The Labute approximate surface area is 132 Å². The molecule has 1 N–H and O–H groups in total. The van der Waals surface area contributed by atoms with Gasteiger partial charge in [-0.05, 0) is 51.7 Å². The zero-order chi connectivity index (χ0) is 15.5. The Hall–Kier alpha value is -0.430. The predicted molar refractivity (Wildman–Crippen MR) is 88.4 cm³/mol. The van der Waals surface area contributed by atoms with Gasteiger partial charge >= 0.3 is 0 Å². The minimum Gasteiger partial charge on any atom is -0.314 e. The van der Waals surface area contributed by atoms with Crippen molar-refractivity contribution in [3.63, 3.8) is 0 Å². The Balaban J connectivity index is 2.02. The molecule has 0 unspecified atom stereocenters. The third kappa shape index (κ3) is 4.52. The van der Waals surface area contributed by atoms with E-state index >= 15 is 0 Å². The van der Waals surface area contributed by atoms with E-state index in [1.807, 2.05) is 26.8 Å². The van der Waals surface area contributed by atoms with E-state index in [0.29, 0.717) is 16.8 Å². The quantitative estimate of drug-likeness (QED) is 0.757. The summed E-state index contributed by atoms with van der Waals surface area (Å²) in [5.41, 5.74) is 0. The molecule has 0 spiro atoms. The molecule has 0 saturated heterocycles. The van der Waals surface area contributed by atoms with E-state index in [-0.39, 0.29) is 6.04 Å². The largest absolute Gasteiger partial charge is 0.314 e. The average molecular weight is 331 g/mol. The van der Waals surface area contributed by atoms with Crippen molar-refractivity contribution in [3.05, 3.63) is 17.0 Å². The molecular weight excluding hydrogens is 304 g/mol. The first kappa shape index (κ1) is 16.9. The van der Waals surface area contributed by atoms with Gasteiger partial charge < -0.3 is 5.32 Å². The van der Waals surface area contributed by atoms with Crippen molar-refractivity contribution in [2.45, 2.75) is 62.7 Å². The third-order valence-electron chi connectivity index (χ3n) is 3.60. The predicted octanol–water partition coefficient (Wildman–Crippen LogP) is 2.85. The molecule has 1 aromatic rings. The van der Waals surface area contributed by atoms with Crippen LogP contribution in [0.4, 0.5) is 0 Å². The SMILES string of the molecule is CCCN(C(C)C)S(=O)(=O)c1ccc(CCNC2CC2)s1. The summed E-state index contributed by atoms with van der Waals surface area (Å²) in [4.78, 5) is 1.14. The van der Waals surface area contributed by atoms with E-state index in [4.69, 9.17) is 0 Å². The van der Waals surface area contributed by atoms with Crippen molar-refractivity contribution < 1.29 is 8.42 Å². The van der Waals surface area contributed by atoms with Gasteiger partial charge in [-0.25, -0.2) is 8.42 Å². The normalized spacial score (nSPS) is 16.0. The van der Waals surface area contributed by atoms with Crippen LogP contribution in [0.1, 0.15) is 44.9 Å². The molecule has 1 aromatic heterocycles. The fourth-order valence-electron chi connectivity index (χ4n) is 2.31. The molecule has 0 atom stereocenters. The number of nitrogens with one attached hydrogen (secondary N) is 1. The number of nitrogens with zero attached hydrogens (tertiary/aromatic N) is 1. The zero-order valence-electron chi connectivity index (χ0n) is 13.1. The summed E-state index contributed by atoms with van der Waals surface area (Å²) in [5, 5.41) is 3.46. The molecule has 0 amide bonds. The first-order valence-corrected chi connectivity index (χ1v) is 10.0. The maximum absolute atomic E-state index is 12.7. The zero-order valence-corrected chi connectivity index (χ0v) is 14.8. The van der Waals surface area contributed by atoms with Crippen molar-refractivity contribution >= 4 is 21.4 Å². The van der Waals surface area contributed by atoms with Gasteiger partial charge in [0.05, 0.1) is 0 Å². The van der Waals surface area contributed by atoms with Crippen LogP contribution in [0.3, 0.4) is 0 Å². The van der Waals surface area contributed by atoms with Gasteiger partial charge in [0.15, 0.2) is 0 Å². The summed E-state index contributed by atoms with van der Waals surface area (Å²) in [6.45, 7) is 7.39. The monoisotopic (exact) mass is 330 g/mol. The standard InChI is InChI=1S/C15H26N2O2S2/c1-4-11-17(12(2)3)21(18,19)15-8-7-14(20-15)9-10-16-13-5-6-13/h7-8,12-13,16H,4-6,9-11H2,1-3H3. The molecule has 2 rings (SSSR count). The summed E-state index contributed by atoms with van der Waals surface area (Å²) in [7, 11) is -3.34. The molecule has 0 radical (unpaired) electrons. The number of hydrogen-bond acceptors (Lipinski definition) is 4. The fraction of sp³-hybridized carbons (Fsp3) is 0.733. The molecule has 0 bridgehead atoms. The van der Waals surface area contributed by atoms with Crippen LogP contribution in [-0.4, -0.2) is 37.9 Å². The van der Waals surface area contributed by atoms with E-state index in [9.17, 15) is 8.42 Å². The maximum Gasteiger partial charge on any atom is 0.252 e. The third-order valence-corrected chi connectivity index (χ3v) is 7.29. The minimum atomic E-state index is -3.34. The molecule has 1 saturated carbocycles. The Kier molecular flexibility index (Phi) is 5.82. The van der Waals surface area contributed by atoms with Crippen LogP contribution in [0.2, 0.25) is 0 Å². The van der Waals surface area contributed by atoms with Crippen LogP contribution >= 0.6 is 11.3 Å². The van der Waals surface area contributed by atoms with Crippen LogP contribution in [0.15, 0.2) is 16.3 Å². The van der Waals surface area contributed by atoms with E-state index in [1.54, 1.807) is 10.4 Å². The Morgan fingerprint density at radius 2 is 2.10 bits per heavy atom. The molecule has 0 aliphatic heterocycles. The summed E-state index contributed by atoms with van der Waals surface area (Å²) < 4.78 is 27.5. The van der Waals surface area contributed by atoms with E-state index < -0.39 is 10.0 Å². The first-order valence-electron chi connectivity index (χ1n) is 7.79. The lowest BCUT2D eigenvalue weighted by Gasteiger charge is -2.24. The van der Waals surface area contributed by atoms with Gasteiger partial charge in [0.25, 0.3) is 10.0 Å². The van der Waals surface area contributed by atoms with Crippen LogP contribution in [0.25, 0.3) is 0 Å². The van der Waals surface area contributed by atoms with Gasteiger partial charge in [0.2, 0.25) is 0 Å². The average Bonchev–Trinajstić information content (AvgIpc) is 3.11. The second-order valence-electron chi connectivity index (χ2n) is 5.91. The molecule has 1 aliphatic rings. The van der Waals surface area contributed by atoms with Gasteiger partial charge in [-0.2, -0.15) is 4.31 Å². The lowest BCUT2D eigenvalue weighted by molar-refractivity contribution is 0.355. The van der Waals surface area contributed by atoms with Gasteiger partial charge in [-0.15, -0.1) is 11.3 Å². The number of rotatable bonds is 9. The fourth-order valence-corrected chi connectivity index (χ4v) is 5.52. The highest BCUT2D eigenvalue weighted by molar-refractivity contribution is 7.91. The van der Waals surface area contributed by atoms with Crippen molar-refractivity contribution in [1.82, 2.24) is 9.62 Å². The van der Waals surface area contributed by atoms with Crippen LogP contribution in [0, 0.1) is 0 Å².